The molecule has 2 aliphatic heterocycles. The molecule has 1 atom stereocenters. The molecule has 0 radical (unpaired) electrons. The number of pyridine rings is 2. The van der Waals surface area contributed by atoms with E-state index in [2.05, 4.69) is 21.3 Å². The molecule has 0 spiro atoms. The average molecular weight is 400 g/mol. The second kappa shape index (κ2) is 7.12. The predicted molar refractivity (Wildman–Crippen MR) is 111 cm³/mol. The minimum Gasteiger partial charge on any atom is -0.366 e. The molecular formula is C22H17FN6O. The lowest BCUT2D eigenvalue weighted by atomic mass is 10.1. The number of fused-ring (bicyclic) bond motifs is 4. The quantitative estimate of drug-likeness (QED) is 0.708. The topological polar surface area (TPSA) is 85.1 Å². The van der Waals surface area contributed by atoms with Crippen LogP contribution in [0.15, 0.2) is 54.9 Å². The van der Waals surface area contributed by atoms with Crippen LogP contribution in [0.2, 0.25) is 0 Å². The van der Waals surface area contributed by atoms with Crippen LogP contribution in [0.5, 0.6) is 0 Å². The first-order valence-electron chi connectivity index (χ1n) is 9.60. The zero-order chi connectivity index (χ0) is 20.7. The van der Waals surface area contributed by atoms with Crippen molar-refractivity contribution >= 4 is 23.2 Å². The fraction of sp³-hybridized carbons (Fsp3) is 0.182. The summed E-state index contributed by atoms with van der Waals surface area (Å²) in [5.41, 5.74) is 3.21. The lowest BCUT2D eigenvalue weighted by molar-refractivity contribution is 0.255. The highest BCUT2D eigenvalue weighted by Gasteiger charge is 2.40. The van der Waals surface area contributed by atoms with Crippen LogP contribution in [0.4, 0.5) is 26.4 Å². The first kappa shape index (κ1) is 18.1. The monoisotopic (exact) mass is 400 g/mol. The van der Waals surface area contributed by atoms with Gasteiger partial charge in [-0.25, -0.2) is 14.2 Å². The average Bonchev–Trinajstić information content (AvgIpc) is 3.18. The summed E-state index contributed by atoms with van der Waals surface area (Å²) in [6.45, 7) is 1.57. The van der Waals surface area contributed by atoms with E-state index in [-0.39, 0.29) is 12.1 Å². The molecule has 148 valence electrons. The molecule has 1 fully saturated rings. The van der Waals surface area contributed by atoms with Crippen LogP contribution in [0, 0.1) is 17.1 Å². The molecule has 2 amide bonds. The van der Waals surface area contributed by atoms with E-state index in [0.717, 1.165) is 37.0 Å². The Hall–Kier alpha value is -3.99. The van der Waals surface area contributed by atoms with Gasteiger partial charge in [-0.2, -0.15) is 5.26 Å². The van der Waals surface area contributed by atoms with Crippen LogP contribution in [-0.4, -0.2) is 35.1 Å². The van der Waals surface area contributed by atoms with Crippen molar-refractivity contribution in [3.05, 3.63) is 66.2 Å². The van der Waals surface area contributed by atoms with Crippen LogP contribution in [0.3, 0.4) is 0 Å². The largest absolute Gasteiger partial charge is 0.366 e. The smallest absolute Gasteiger partial charge is 0.327 e. The third-order valence-corrected chi connectivity index (χ3v) is 5.41. The van der Waals surface area contributed by atoms with Gasteiger partial charge in [0.1, 0.15) is 5.82 Å². The Bertz CT molecular complexity index is 1190. The van der Waals surface area contributed by atoms with Gasteiger partial charge >= 0.3 is 6.03 Å². The molecule has 0 unspecified atom stereocenters. The molecule has 30 heavy (non-hydrogen) atoms. The number of carbonyl (C=O) groups excluding carboxylic acids is 1. The van der Waals surface area contributed by atoms with Gasteiger partial charge in [-0.05, 0) is 30.7 Å². The van der Waals surface area contributed by atoms with Crippen molar-refractivity contribution in [1.82, 2.24) is 9.97 Å². The standard InChI is InChI=1S/C22H17FN6O/c23-16-9-17(12-25-11-16)26-22(30)29-18-6-7-28(13-18)20-5-4-19(27-21(20)29)15-3-1-2-14(8-15)10-24/h1-5,8-9,11-12,18H,6-7,13H2,(H,26,30)/t18-/m0/s1. The molecule has 2 bridgehead atoms. The van der Waals surface area contributed by atoms with Gasteiger partial charge in [-0.15, -0.1) is 0 Å². The maximum absolute atomic E-state index is 13.5. The van der Waals surface area contributed by atoms with Gasteiger partial charge in [0.2, 0.25) is 0 Å². The van der Waals surface area contributed by atoms with E-state index in [1.54, 1.807) is 17.0 Å². The first-order chi connectivity index (χ1) is 14.6. The molecule has 8 heteroatoms. The lowest BCUT2D eigenvalue weighted by Crippen LogP contribution is -2.48. The van der Waals surface area contributed by atoms with Gasteiger partial charge in [-0.1, -0.05) is 12.1 Å². The summed E-state index contributed by atoms with van der Waals surface area (Å²) in [5, 5.41) is 11.9. The molecule has 1 N–H and O–H groups in total. The molecule has 3 aromatic rings. The van der Waals surface area contributed by atoms with E-state index in [4.69, 9.17) is 4.98 Å². The Kier molecular flexibility index (Phi) is 4.29. The van der Waals surface area contributed by atoms with Crippen LogP contribution in [0.1, 0.15) is 12.0 Å². The van der Waals surface area contributed by atoms with Crippen LogP contribution in [-0.2, 0) is 0 Å². The number of urea groups is 1. The number of anilines is 3. The predicted octanol–water partition coefficient (Wildman–Crippen LogP) is 3.79. The molecule has 2 aromatic heterocycles. The molecule has 1 aromatic carbocycles. The van der Waals surface area contributed by atoms with Crippen LogP contribution < -0.4 is 15.1 Å². The number of hydrogen-bond donors (Lipinski definition) is 1. The maximum Gasteiger partial charge on any atom is 0.327 e. The number of benzene rings is 1. The molecule has 0 aliphatic carbocycles. The zero-order valence-corrected chi connectivity index (χ0v) is 15.9. The van der Waals surface area contributed by atoms with Crippen molar-refractivity contribution < 1.29 is 9.18 Å². The maximum atomic E-state index is 13.5. The van der Waals surface area contributed by atoms with Crippen molar-refractivity contribution in [3.8, 4) is 17.3 Å². The molecule has 4 heterocycles. The Morgan fingerprint density at radius 2 is 2.13 bits per heavy atom. The summed E-state index contributed by atoms with van der Waals surface area (Å²) in [6.07, 6.45) is 3.32. The minimum absolute atomic E-state index is 0.0211. The highest BCUT2D eigenvalue weighted by Crippen LogP contribution is 2.40. The Balaban J connectivity index is 1.54. The highest BCUT2D eigenvalue weighted by molar-refractivity contribution is 6.04. The molecular weight excluding hydrogens is 383 g/mol. The number of nitrogens with zero attached hydrogens (tertiary/aromatic N) is 5. The molecule has 2 aliphatic rings. The number of halogens is 1. The summed E-state index contributed by atoms with van der Waals surface area (Å²) in [7, 11) is 0. The van der Waals surface area contributed by atoms with Gasteiger partial charge < -0.3 is 10.2 Å². The van der Waals surface area contributed by atoms with Crippen molar-refractivity contribution in [1.29, 1.82) is 5.26 Å². The number of nitrogens with one attached hydrogen (secondary N) is 1. The van der Waals surface area contributed by atoms with E-state index in [1.807, 2.05) is 24.3 Å². The summed E-state index contributed by atoms with van der Waals surface area (Å²) in [4.78, 5) is 25.6. The number of carbonyl (C=O) groups is 1. The van der Waals surface area contributed by atoms with E-state index in [9.17, 15) is 14.4 Å². The van der Waals surface area contributed by atoms with Crippen molar-refractivity contribution in [2.24, 2.45) is 0 Å². The highest BCUT2D eigenvalue weighted by atomic mass is 19.1. The van der Waals surface area contributed by atoms with E-state index in [1.165, 1.54) is 12.3 Å². The second-order valence-corrected chi connectivity index (χ2v) is 7.31. The van der Waals surface area contributed by atoms with Crippen molar-refractivity contribution in [3.63, 3.8) is 0 Å². The molecule has 0 saturated carbocycles. The molecule has 7 nitrogen and oxygen atoms in total. The van der Waals surface area contributed by atoms with Crippen molar-refractivity contribution in [2.45, 2.75) is 12.5 Å². The van der Waals surface area contributed by atoms with E-state index in [0.29, 0.717) is 22.8 Å². The number of rotatable bonds is 2. The third-order valence-electron chi connectivity index (χ3n) is 5.41. The number of amides is 2. The SMILES string of the molecule is N#Cc1cccc(-c2ccc3c(n2)N(C(=O)Nc2cncc(F)c2)[C@H]2CCN3C2)c1. The lowest BCUT2D eigenvalue weighted by Gasteiger charge is -2.35. The van der Waals surface area contributed by atoms with Gasteiger partial charge in [-0.3, -0.25) is 9.88 Å². The number of nitriles is 1. The normalized spacial score (nSPS) is 16.7. The fourth-order valence-corrected chi connectivity index (χ4v) is 4.04. The second-order valence-electron chi connectivity index (χ2n) is 7.31. The van der Waals surface area contributed by atoms with Gasteiger partial charge in [0.15, 0.2) is 5.82 Å². The summed E-state index contributed by atoms with van der Waals surface area (Å²) >= 11 is 0. The molecule has 1 saturated heterocycles. The van der Waals surface area contributed by atoms with E-state index < -0.39 is 5.82 Å². The van der Waals surface area contributed by atoms with Gasteiger partial charge in [0.05, 0.1) is 47.1 Å². The summed E-state index contributed by atoms with van der Waals surface area (Å²) in [6, 6.07) is 14.0. The summed E-state index contributed by atoms with van der Waals surface area (Å²) in [5.74, 6) is 0.0437. The Labute approximate surface area is 172 Å². The molecule has 5 rings (SSSR count). The van der Waals surface area contributed by atoms with Gasteiger partial charge in [0, 0.05) is 24.7 Å². The van der Waals surface area contributed by atoms with Crippen molar-refractivity contribution in [2.75, 3.05) is 28.2 Å². The number of aromatic nitrogens is 2. The minimum atomic E-state index is -0.517. The summed E-state index contributed by atoms with van der Waals surface area (Å²) < 4.78 is 13.5. The fourth-order valence-electron chi connectivity index (χ4n) is 4.04. The zero-order valence-electron chi connectivity index (χ0n) is 15.9. The van der Waals surface area contributed by atoms with Crippen LogP contribution in [0.25, 0.3) is 11.3 Å². The van der Waals surface area contributed by atoms with Gasteiger partial charge in [0.25, 0.3) is 0 Å². The first-order valence-corrected chi connectivity index (χ1v) is 9.60. The number of hydrogen-bond acceptors (Lipinski definition) is 5. The Morgan fingerprint density at radius 1 is 1.23 bits per heavy atom. The Morgan fingerprint density at radius 3 is 2.97 bits per heavy atom. The van der Waals surface area contributed by atoms with Crippen LogP contribution >= 0.6 is 0 Å². The van der Waals surface area contributed by atoms with E-state index >= 15 is 0 Å². The third kappa shape index (κ3) is 3.10.